The van der Waals surface area contributed by atoms with E-state index >= 15 is 0 Å². The van der Waals surface area contributed by atoms with Crippen molar-refractivity contribution in [1.29, 1.82) is 0 Å². The lowest BCUT2D eigenvalue weighted by Crippen LogP contribution is -2.15. The van der Waals surface area contributed by atoms with Crippen LogP contribution in [0, 0.1) is 13.8 Å². The van der Waals surface area contributed by atoms with Crippen LogP contribution >= 0.6 is 23.2 Å². The minimum absolute atomic E-state index is 0.0255. The molecule has 0 atom stereocenters. The third-order valence-electron chi connectivity index (χ3n) is 2.65. The van der Waals surface area contributed by atoms with E-state index in [-0.39, 0.29) is 22.2 Å². The molecule has 0 spiro atoms. The highest BCUT2D eigenvalue weighted by atomic mass is 35.5. The van der Waals surface area contributed by atoms with Crippen LogP contribution in [0.25, 0.3) is 0 Å². The van der Waals surface area contributed by atoms with Crippen LogP contribution in [-0.4, -0.2) is 25.7 Å². The number of anilines is 1. The Kier molecular flexibility index (Phi) is 3.73. The summed E-state index contributed by atoms with van der Waals surface area (Å²) in [5.74, 6) is -0.0633. The van der Waals surface area contributed by atoms with Crippen molar-refractivity contribution in [3.63, 3.8) is 0 Å². The number of carbonyl (C=O) groups is 1. The Morgan fingerprint density at radius 2 is 2.00 bits per heavy atom. The van der Waals surface area contributed by atoms with Gasteiger partial charge in [0, 0.05) is 18.8 Å². The molecule has 1 N–H and O–H groups in total. The summed E-state index contributed by atoms with van der Waals surface area (Å²) < 4.78 is 1.64. The lowest BCUT2D eigenvalue weighted by molar-refractivity contribution is 0.102. The number of carbonyl (C=O) groups excluding carboxylic acids is 1. The van der Waals surface area contributed by atoms with Gasteiger partial charge in [-0.1, -0.05) is 11.6 Å². The Morgan fingerprint density at radius 3 is 2.53 bits per heavy atom. The van der Waals surface area contributed by atoms with Crippen molar-refractivity contribution >= 4 is 34.9 Å². The number of aryl methyl sites for hydroxylation is 2. The van der Waals surface area contributed by atoms with E-state index in [1.807, 2.05) is 6.92 Å². The van der Waals surface area contributed by atoms with Crippen molar-refractivity contribution in [2.75, 3.05) is 5.32 Å². The second-order valence-corrected chi connectivity index (χ2v) is 4.69. The molecule has 100 valence electrons. The zero-order valence-corrected chi connectivity index (χ0v) is 12.0. The maximum atomic E-state index is 12.2. The zero-order valence-electron chi connectivity index (χ0n) is 10.5. The summed E-state index contributed by atoms with van der Waals surface area (Å²) in [6.07, 6.45) is 0. The van der Waals surface area contributed by atoms with Crippen molar-refractivity contribution in [2.45, 2.75) is 13.8 Å². The monoisotopic (exact) mass is 299 g/mol. The zero-order chi connectivity index (χ0) is 14.2. The van der Waals surface area contributed by atoms with Gasteiger partial charge in [-0.25, -0.2) is 9.97 Å². The van der Waals surface area contributed by atoms with Gasteiger partial charge in [0.1, 0.15) is 11.0 Å². The molecule has 0 saturated heterocycles. The molecule has 0 aliphatic rings. The molecule has 0 radical (unpaired) electrons. The number of nitrogens with zero attached hydrogens (tertiary/aromatic N) is 4. The van der Waals surface area contributed by atoms with Gasteiger partial charge in [0.15, 0.2) is 0 Å². The van der Waals surface area contributed by atoms with E-state index in [0.717, 1.165) is 5.69 Å². The molecular weight excluding hydrogens is 289 g/mol. The molecule has 19 heavy (non-hydrogen) atoms. The van der Waals surface area contributed by atoms with Gasteiger partial charge in [-0.05, 0) is 25.4 Å². The first-order chi connectivity index (χ1) is 8.88. The number of nitrogens with one attached hydrogen (secondary N) is 1. The van der Waals surface area contributed by atoms with E-state index < -0.39 is 0 Å². The molecule has 0 bridgehead atoms. The third kappa shape index (κ3) is 2.85. The molecule has 6 nitrogen and oxygen atoms in total. The van der Waals surface area contributed by atoms with Gasteiger partial charge in [-0.15, -0.1) is 0 Å². The molecular formula is C11H11Cl2N5O. The standard InChI is InChI=1S/C11H11Cl2N5O/c1-5-9(6(2)18(3)17-5)10(19)15-8-4-7(12)14-11(13)16-8/h4H,1-3H3,(H,14,15,16,19). The summed E-state index contributed by atoms with van der Waals surface area (Å²) in [6, 6.07) is 1.42. The third-order valence-corrected chi connectivity index (χ3v) is 3.01. The first-order valence-electron chi connectivity index (χ1n) is 5.40. The van der Waals surface area contributed by atoms with Crippen LogP contribution in [0.5, 0.6) is 0 Å². The highest BCUT2D eigenvalue weighted by Crippen LogP contribution is 2.17. The van der Waals surface area contributed by atoms with E-state index in [0.29, 0.717) is 11.3 Å². The second kappa shape index (κ2) is 5.14. The van der Waals surface area contributed by atoms with E-state index in [1.165, 1.54) is 6.07 Å². The van der Waals surface area contributed by atoms with Crippen LogP contribution in [0.3, 0.4) is 0 Å². The Balaban J connectivity index is 2.30. The van der Waals surface area contributed by atoms with Gasteiger partial charge >= 0.3 is 0 Å². The van der Waals surface area contributed by atoms with Crippen LogP contribution in [0.15, 0.2) is 6.07 Å². The van der Waals surface area contributed by atoms with Gasteiger partial charge in [0.05, 0.1) is 11.3 Å². The van der Waals surface area contributed by atoms with Crippen LogP contribution in [-0.2, 0) is 7.05 Å². The van der Waals surface area contributed by atoms with Gasteiger partial charge in [0.2, 0.25) is 5.28 Å². The van der Waals surface area contributed by atoms with E-state index in [4.69, 9.17) is 23.2 Å². The minimum atomic E-state index is -0.311. The Morgan fingerprint density at radius 1 is 1.32 bits per heavy atom. The first kappa shape index (κ1) is 13.8. The number of amides is 1. The van der Waals surface area contributed by atoms with Gasteiger partial charge in [-0.2, -0.15) is 5.10 Å². The van der Waals surface area contributed by atoms with Crippen molar-refractivity contribution in [1.82, 2.24) is 19.7 Å². The molecule has 0 aliphatic carbocycles. The molecule has 2 aromatic rings. The lowest BCUT2D eigenvalue weighted by Gasteiger charge is -2.05. The Hall–Kier alpha value is -1.66. The van der Waals surface area contributed by atoms with Gasteiger partial charge in [0.25, 0.3) is 5.91 Å². The summed E-state index contributed by atoms with van der Waals surface area (Å²) in [5, 5.41) is 6.94. The maximum absolute atomic E-state index is 12.2. The number of aromatic nitrogens is 4. The molecule has 0 aromatic carbocycles. The van der Waals surface area contributed by atoms with Gasteiger partial charge < -0.3 is 5.32 Å². The number of rotatable bonds is 2. The fourth-order valence-corrected chi connectivity index (χ4v) is 2.14. The highest BCUT2D eigenvalue weighted by Gasteiger charge is 2.18. The average molecular weight is 300 g/mol. The lowest BCUT2D eigenvalue weighted by atomic mass is 10.2. The SMILES string of the molecule is Cc1nn(C)c(C)c1C(=O)Nc1cc(Cl)nc(Cl)n1. The van der Waals surface area contributed by atoms with Crippen LogP contribution < -0.4 is 5.32 Å². The number of hydrogen-bond acceptors (Lipinski definition) is 4. The van der Waals surface area contributed by atoms with Crippen molar-refractivity contribution in [3.05, 3.63) is 33.5 Å². The van der Waals surface area contributed by atoms with Crippen molar-refractivity contribution < 1.29 is 4.79 Å². The van der Waals surface area contributed by atoms with Gasteiger partial charge in [-0.3, -0.25) is 9.48 Å². The highest BCUT2D eigenvalue weighted by molar-refractivity contribution is 6.32. The molecule has 2 aromatic heterocycles. The molecule has 2 heterocycles. The van der Waals surface area contributed by atoms with Crippen LogP contribution in [0.2, 0.25) is 10.4 Å². The minimum Gasteiger partial charge on any atom is -0.306 e. The molecule has 8 heteroatoms. The molecule has 0 fully saturated rings. The fraction of sp³-hybridized carbons (Fsp3) is 0.273. The van der Waals surface area contributed by atoms with E-state index in [1.54, 1.807) is 18.7 Å². The topological polar surface area (TPSA) is 72.7 Å². The first-order valence-corrected chi connectivity index (χ1v) is 6.15. The summed E-state index contributed by atoms with van der Waals surface area (Å²) in [7, 11) is 1.78. The van der Waals surface area contributed by atoms with Crippen LogP contribution in [0.1, 0.15) is 21.7 Å². The average Bonchev–Trinajstić information content (AvgIpc) is 2.51. The fourth-order valence-electron chi connectivity index (χ4n) is 1.73. The summed E-state index contributed by atoms with van der Waals surface area (Å²) in [6.45, 7) is 3.58. The predicted octanol–water partition coefficient (Wildman–Crippen LogP) is 2.39. The van der Waals surface area contributed by atoms with Crippen molar-refractivity contribution in [2.24, 2.45) is 7.05 Å². The van der Waals surface area contributed by atoms with Crippen molar-refractivity contribution in [3.8, 4) is 0 Å². The normalized spacial score (nSPS) is 10.6. The quantitative estimate of drug-likeness (QED) is 0.682. The van der Waals surface area contributed by atoms with Crippen LogP contribution in [0.4, 0.5) is 5.82 Å². The Bertz CT molecular complexity index is 633. The molecule has 0 saturated carbocycles. The molecule has 1 amide bonds. The van der Waals surface area contributed by atoms with E-state index in [2.05, 4.69) is 20.4 Å². The smallest absolute Gasteiger partial charge is 0.260 e. The molecule has 0 aliphatic heterocycles. The number of hydrogen-bond donors (Lipinski definition) is 1. The summed E-state index contributed by atoms with van der Waals surface area (Å²) >= 11 is 11.4. The predicted molar refractivity (Wildman–Crippen MR) is 72.7 cm³/mol. The largest absolute Gasteiger partial charge is 0.306 e. The molecule has 0 unspecified atom stereocenters. The maximum Gasteiger partial charge on any atom is 0.260 e. The summed E-state index contributed by atoms with van der Waals surface area (Å²) in [5.41, 5.74) is 1.92. The Labute approximate surface area is 119 Å². The molecule has 2 rings (SSSR count). The second-order valence-electron chi connectivity index (χ2n) is 3.97. The number of halogens is 2. The summed E-state index contributed by atoms with van der Waals surface area (Å²) in [4.78, 5) is 19.8. The van der Waals surface area contributed by atoms with E-state index in [9.17, 15) is 4.79 Å².